The fourth-order valence-corrected chi connectivity index (χ4v) is 2.17. The number of hydrogen-bond donors (Lipinski definition) is 1. The van der Waals surface area contributed by atoms with Gasteiger partial charge in [0.1, 0.15) is 5.82 Å². The van der Waals surface area contributed by atoms with Crippen LogP contribution < -0.4 is 5.32 Å². The average molecular weight is 278 g/mol. The first-order valence-corrected chi connectivity index (χ1v) is 5.99. The summed E-state index contributed by atoms with van der Waals surface area (Å²) in [6.07, 6.45) is 1.39. The summed E-state index contributed by atoms with van der Waals surface area (Å²) >= 11 is 6.16. The Kier molecular flexibility index (Phi) is 3.66. The van der Waals surface area contributed by atoms with Gasteiger partial charge in [0.2, 0.25) is 0 Å². The molecule has 0 aliphatic carbocycles. The fourth-order valence-electron chi connectivity index (χ4n) is 1.80. The minimum Gasteiger partial charge on any atom is -0.339 e. The van der Waals surface area contributed by atoms with Crippen molar-refractivity contribution in [2.75, 3.05) is 5.32 Å². The lowest BCUT2D eigenvalue weighted by Gasteiger charge is -2.11. The van der Waals surface area contributed by atoms with Crippen molar-refractivity contribution in [3.8, 4) is 0 Å². The van der Waals surface area contributed by atoms with Gasteiger partial charge in [-0.15, -0.1) is 0 Å². The molecule has 0 radical (unpaired) electrons. The Labute approximate surface area is 115 Å². The third-order valence-electron chi connectivity index (χ3n) is 2.64. The van der Waals surface area contributed by atoms with E-state index in [0.29, 0.717) is 16.5 Å². The number of aryl methyl sites for hydroxylation is 2. The summed E-state index contributed by atoms with van der Waals surface area (Å²) in [5.74, 6) is 0.392. The second-order valence-corrected chi connectivity index (χ2v) is 4.63. The van der Waals surface area contributed by atoms with E-state index >= 15 is 0 Å². The largest absolute Gasteiger partial charge is 0.339 e. The molecule has 0 unspecified atom stereocenters. The van der Waals surface area contributed by atoms with Crippen molar-refractivity contribution in [2.45, 2.75) is 13.8 Å². The first-order chi connectivity index (χ1) is 8.97. The zero-order valence-corrected chi connectivity index (χ0v) is 11.2. The minimum atomic E-state index is -0.462. The average Bonchev–Trinajstić information content (AvgIpc) is 2.34. The lowest BCUT2D eigenvalue weighted by molar-refractivity contribution is -0.384. The van der Waals surface area contributed by atoms with Crippen LogP contribution >= 0.6 is 11.6 Å². The van der Waals surface area contributed by atoms with Crippen LogP contribution in [0.15, 0.2) is 30.5 Å². The first-order valence-electron chi connectivity index (χ1n) is 5.61. The molecule has 0 bridgehead atoms. The topological polar surface area (TPSA) is 68.1 Å². The van der Waals surface area contributed by atoms with Gasteiger partial charge in [0.25, 0.3) is 5.69 Å². The molecule has 6 heteroatoms. The van der Waals surface area contributed by atoms with E-state index < -0.39 is 4.92 Å². The molecule has 0 spiro atoms. The Hall–Kier alpha value is -2.14. The standard InChI is InChI=1S/C13H12ClN3O2/c1-8-5-9(2)13(11(14)6-8)16-12-7-10(17(18)19)3-4-15-12/h3-7H,1-2H3,(H,15,16). The molecule has 0 saturated heterocycles. The van der Waals surface area contributed by atoms with Crippen LogP contribution in [0.2, 0.25) is 5.02 Å². The number of halogens is 1. The summed E-state index contributed by atoms with van der Waals surface area (Å²) in [4.78, 5) is 14.3. The number of rotatable bonds is 3. The quantitative estimate of drug-likeness (QED) is 0.680. The van der Waals surface area contributed by atoms with E-state index in [9.17, 15) is 10.1 Å². The van der Waals surface area contributed by atoms with E-state index in [2.05, 4.69) is 10.3 Å². The van der Waals surface area contributed by atoms with E-state index in [-0.39, 0.29) is 5.69 Å². The second kappa shape index (κ2) is 5.24. The molecule has 0 fully saturated rings. The van der Waals surface area contributed by atoms with Crippen LogP contribution in [-0.4, -0.2) is 9.91 Å². The molecule has 19 heavy (non-hydrogen) atoms. The van der Waals surface area contributed by atoms with Crippen LogP contribution in [-0.2, 0) is 0 Å². The number of pyridine rings is 1. The van der Waals surface area contributed by atoms with E-state index in [1.54, 1.807) is 0 Å². The van der Waals surface area contributed by atoms with Crippen molar-refractivity contribution >= 4 is 28.8 Å². The molecule has 1 heterocycles. The third-order valence-corrected chi connectivity index (χ3v) is 2.94. The number of anilines is 2. The Morgan fingerprint density at radius 2 is 2.05 bits per heavy atom. The molecule has 0 atom stereocenters. The van der Waals surface area contributed by atoms with Crippen LogP contribution in [0.3, 0.4) is 0 Å². The van der Waals surface area contributed by atoms with Crippen molar-refractivity contribution in [3.63, 3.8) is 0 Å². The molecular formula is C13H12ClN3O2. The number of nitrogens with zero attached hydrogens (tertiary/aromatic N) is 2. The molecule has 5 nitrogen and oxygen atoms in total. The lowest BCUT2D eigenvalue weighted by atomic mass is 10.1. The molecule has 0 aliphatic rings. The highest BCUT2D eigenvalue weighted by Crippen LogP contribution is 2.30. The van der Waals surface area contributed by atoms with Crippen molar-refractivity contribution in [1.29, 1.82) is 0 Å². The Morgan fingerprint density at radius 1 is 1.32 bits per heavy atom. The molecule has 1 N–H and O–H groups in total. The van der Waals surface area contributed by atoms with Gasteiger partial charge in [-0.25, -0.2) is 4.98 Å². The molecule has 0 amide bonds. The molecule has 0 aliphatic heterocycles. The second-order valence-electron chi connectivity index (χ2n) is 4.22. The number of aromatic nitrogens is 1. The monoisotopic (exact) mass is 277 g/mol. The number of nitrogens with one attached hydrogen (secondary N) is 1. The van der Waals surface area contributed by atoms with Gasteiger partial charge in [-0.2, -0.15) is 0 Å². The molecule has 0 saturated carbocycles. The maximum absolute atomic E-state index is 10.7. The highest BCUT2D eigenvalue weighted by Gasteiger charge is 2.10. The predicted molar refractivity (Wildman–Crippen MR) is 75.1 cm³/mol. The van der Waals surface area contributed by atoms with Crippen LogP contribution in [0.25, 0.3) is 0 Å². The number of nitro groups is 1. The van der Waals surface area contributed by atoms with Crippen molar-refractivity contribution < 1.29 is 4.92 Å². The summed E-state index contributed by atoms with van der Waals surface area (Å²) in [6, 6.07) is 6.52. The van der Waals surface area contributed by atoms with Gasteiger partial charge < -0.3 is 5.32 Å². The molecular weight excluding hydrogens is 266 g/mol. The van der Waals surface area contributed by atoms with Crippen molar-refractivity contribution in [2.24, 2.45) is 0 Å². The SMILES string of the molecule is Cc1cc(C)c(Nc2cc([N+](=O)[O-])ccn2)c(Cl)c1. The highest BCUT2D eigenvalue weighted by molar-refractivity contribution is 6.33. The summed E-state index contributed by atoms with van der Waals surface area (Å²) in [5.41, 5.74) is 2.71. The van der Waals surface area contributed by atoms with Gasteiger partial charge in [-0.1, -0.05) is 17.7 Å². The van der Waals surface area contributed by atoms with Gasteiger partial charge >= 0.3 is 0 Å². The Morgan fingerprint density at radius 3 is 2.68 bits per heavy atom. The third kappa shape index (κ3) is 3.00. The summed E-state index contributed by atoms with van der Waals surface area (Å²) in [5, 5.41) is 14.3. The number of benzene rings is 1. The number of hydrogen-bond acceptors (Lipinski definition) is 4. The van der Waals surface area contributed by atoms with E-state index in [0.717, 1.165) is 11.1 Å². The highest BCUT2D eigenvalue weighted by atomic mass is 35.5. The van der Waals surface area contributed by atoms with E-state index in [1.807, 2.05) is 26.0 Å². The Balaban J connectivity index is 2.36. The van der Waals surface area contributed by atoms with Crippen LogP contribution in [0.1, 0.15) is 11.1 Å². The maximum atomic E-state index is 10.7. The zero-order chi connectivity index (χ0) is 14.0. The molecule has 98 valence electrons. The van der Waals surface area contributed by atoms with Gasteiger partial charge in [-0.05, 0) is 31.0 Å². The Bertz CT molecular complexity index is 621. The van der Waals surface area contributed by atoms with Crippen molar-refractivity contribution in [3.05, 3.63) is 56.7 Å². The minimum absolute atomic E-state index is 0.0154. The fraction of sp³-hybridized carbons (Fsp3) is 0.154. The summed E-state index contributed by atoms with van der Waals surface area (Å²) in [6.45, 7) is 3.87. The van der Waals surface area contributed by atoms with Crippen molar-refractivity contribution in [1.82, 2.24) is 4.98 Å². The van der Waals surface area contributed by atoms with Crippen LogP contribution in [0.4, 0.5) is 17.2 Å². The molecule has 2 rings (SSSR count). The van der Waals surface area contributed by atoms with Gasteiger partial charge in [-0.3, -0.25) is 10.1 Å². The normalized spacial score (nSPS) is 10.3. The molecule has 2 aromatic rings. The maximum Gasteiger partial charge on any atom is 0.274 e. The van der Waals surface area contributed by atoms with Crippen LogP contribution in [0, 0.1) is 24.0 Å². The van der Waals surface area contributed by atoms with E-state index in [1.165, 1.54) is 18.3 Å². The zero-order valence-electron chi connectivity index (χ0n) is 10.5. The van der Waals surface area contributed by atoms with Gasteiger partial charge in [0.05, 0.1) is 21.7 Å². The van der Waals surface area contributed by atoms with E-state index in [4.69, 9.17) is 11.6 Å². The first kappa shape index (κ1) is 13.3. The molecule has 1 aromatic heterocycles. The van der Waals surface area contributed by atoms with Crippen LogP contribution in [0.5, 0.6) is 0 Å². The summed E-state index contributed by atoms with van der Waals surface area (Å²) < 4.78 is 0. The molecule has 1 aromatic carbocycles. The lowest BCUT2D eigenvalue weighted by Crippen LogP contribution is -1.98. The predicted octanol–water partition coefficient (Wildman–Crippen LogP) is 4.00. The van der Waals surface area contributed by atoms with Gasteiger partial charge in [0, 0.05) is 12.3 Å². The summed E-state index contributed by atoms with van der Waals surface area (Å²) in [7, 11) is 0. The van der Waals surface area contributed by atoms with Gasteiger partial charge in [0.15, 0.2) is 0 Å². The smallest absolute Gasteiger partial charge is 0.274 e.